The Labute approximate surface area is 199 Å². The molecule has 9 atom stereocenters. The molecular formula is C28H44O5. The predicted molar refractivity (Wildman–Crippen MR) is 126 cm³/mol. The summed E-state index contributed by atoms with van der Waals surface area (Å²) in [5.41, 5.74) is -0.0838. The first-order chi connectivity index (χ1) is 15.7. The first kappa shape index (κ1) is 24.7. The number of carbonyl (C=O) groups is 3. The number of ether oxygens (including phenoxy) is 2. The average molecular weight is 461 g/mol. The Balaban J connectivity index is 1.50. The molecule has 4 rings (SSSR count). The number of rotatable bonds is 6. The van der Waals surface area contributed by atoms with Gasteiger partial charge < -0.3 is 9.47 Å². The number of Topliss-reactive ketones (excluding diaryl/α,β-unsaturated/α-hetero) is 1. The Morgan fingerprint density at radius 3 is 2.55 bits per heavy atom. The van der Waals surface area contributed by atoms with Gasteiger partial charge in [0.15, 0.2) is 0 Å². The molecule has 0 N–H and O–H groups in total. The lowest BCUT2D eigenvalue weighted by Crippen LogP contribution is -2.57. The van der Waals surface area contributed by atoms with Crippen LogP contribution in [-0.4, -0.2) is 31.4 Å². The van der Waals surface area contributed by atoms with Crippen LogP contribution in [-0.2, 0) is 23.9 Å². The first-order valence-corrected chi connectivity index (χ1v) is 13.4. The molecule has 0 aromatic rings. The van der Waals surface area contributed by atoms with Crippen LogP contribution in [0.15, 0.2) is 0 Å². The Bertz CT molecular complexity index is 776. The Kier molecular flexibility index (Phi) is 7.00. The molecule has 0 aromatic carbocycles. The minimum atomic E-state index is -0.248. The fraction of sp³-hybridized carbons (Fsp3) is 0.893. The van der Waals surface area contributed by atoms with Gasteiger partial charge in [-0.25, -0.2) is 0 Å². The lowest BCUT2D eigenvalue weighted by molar-refractivity contribution is -0.165. The molecule has 4 aliphatic rings. The van der Waals surface area contributed by atoms with Gasteiger partial charge in [-0.05, 0) is 99.2 Å². The molecule has 0 spiro atoms. The maximum absolute atomic E-state index is 13.9. The standard InChI is InChI=1S/C28H44O5/c1-6-33-26(31)18-13-14-27(3)19(15-18)8-9-20-22-11-10-21(17(2)7-12-25(30)32-5)28(22,4)24(29)16-23(20)27/h17-23H,6-16H2,1-5H3. The lowest BCUT2D eigenvalue weighted by Gasteiger charge is -2.60. The monoisotopic (exact) mass is 460 g/mol. The molecule has 186 valence electrons. The Hall–Kier alpha value is -1.39. The quantitative estimate of drug-likeness (QED) is 0.483. The maximum atomic E-state index is 13.9. The number of carbonyl (C=O) groups excluding carboxylic acids is 3. The molecule has 0 amide bonds. The van der Waals surface area contributed by atoms with E-state index in [1.165, 1.54) is 20.0 Å². The maximum Gasteiger partial charge on any atom is 0.308 e. The molecule has 0 aliphatic heterocycles. The molecule has 4 fully saturated rings. The van der Waals surface area contributed by atoms with Crippen LogP contribution in [0.3, 0.4) is 0 Å². The average Bonchev–Trinajstić information content (AvgIpc) is 3.16. The third-order valence-electron chi connectivity index (χ3n) is 10.9. The van der Waals surface area contributed by atoms with E-state index < -0.39 is 0 Å². The molecule has 0 bridgehead atoms. The van der Waals surface area contributed by atoms with Gasteiger partial charge in [0.25, 0.3) is 0 Å². The molecule has 0 heterocycles. The SMILES string of the molecule is CCOC(=O)C1CCC2(C)C(CCC3C2CC(=O)C2(C)C(C(C)CCC(=O)OC)CCC32)C1. The van der Waals surface area contributed by atoms with Crippen molar-refractivity contribution in [1.29, 1.82) is 0 Å². The summed E-state index contributed by atoms with van der Waals surface area (Å²) in [5.74, 6) is 3.11. The molecular weight excluding hydrogens is 416 g/mol. The summed E-state index contributed by atoms with van der Waals surface area (Å²) in [7, 11) is 1.45. The predicted octanol–water partition coefficient (Wildman–Crippen LogP) is 5.59. The summed E-state index contributed by atoms with van der Waals surface area (Å²) in [5, 5.41) is 0. The number of ketones is 1. The van der Waals surface area contributed by atoms with Crippen molar-refractivity contribution in [2.24, 2.45) is 52.3 Å². The van der Waals surface area contributed by atoms with Gasteiger partial charge in [0.1, 0.15) is 5.78 Å². The van der Waals surface area contributed by atoms with Gasteiger partial charge in [0.2, 0.25) is 0 Å². The van der Waals surface area contributed by atoms with Crippen LogP contribution in [0.4, 0.5) is 0 Å². The van der Waals surface area contributed by atoms with Crippen LogP contribution in [0, 0.1) is 52.3 Å². The van der Waals surface area contributed by atoms with E-state index in [0.717, 1.165) is 38.5 Å². The molecule has 0 radical (unpaired) electrons. The second kappa shape index (κ2) is 9.34. The summed E-state index contributed by atoms with van der Waals surface area (Å²) >= 11 is 0. The van der Waals surface area contributed by atoms with Crippen LogP contribution < -0.4 is 0 Å². The van der Waals surface area contributed by atoms with E-state index in [9.17, 15) is 14.4 Å². The van der Waals surface area contributed by atoms with Crippen LogP contribution in [0.1, 0.15) is 91.9 Å². The van der Waals surface area contributed by atoms with Gasteiger partial charge in [-0.3, -0.25) is 14.4 Å². The molecule has 0 aromatic heterocycles. The van der Waals surface area contributed by atoms with Gasteiger partial charge in [-0.15, -0.1) is 0 Å². The highest BCUT2D eigenvalue weighted by molar-refractivity contribution is 5.87. The summed E-state index contributed by atoms with van der Waals surface area (Å²) < 4.78 is 10.2. The zero-order valence-electron chi connectivity index (χ0n) is 21.4. The fourth-order valence-corrected chi connectivity index (χ4v) is 9.03. The molecule has 0 saturated heterocycles. The van der Waals surface area contributed by atoms with E-state index >= 15 is 0 Å². The van der Waals surface area contributed by atoms with Crippen LogP contribution in [0.2, 0.25) is 0 Å². The summed E-state index contributed by atoms with van der Waals surface area (Å²) in [6.45, 7) is 9.25. The minimum absolute atomic E-state index is 0.0199. The minimum Gasteiger partial charge on any atom is -0.469 e. The highest BCUT2D eigenvalue weighted by Gasteiger charge is 2.64. The van der Waals surface area contributed by atoms with Gasteiger partial charge in [-0.2, -0.15) is 0 Å². The van der Waals surface area contributed by atoms with Crippen LogP contribution in [0.5, 0.6) is 0 Å². The largest absolute Gasteiger partial charge is 0.469 e. The highest BCUT2D eigenvalue weighted by Crippen LogP contribution is 2.67. The van der Waals surface area contributed by atoms with Crippen molar-refractivity contribution in [2.45, 2.75) is 91.9 Å². The van der Waals surface area contributed by atoms with Gasteiger partial charge >= 0.3 is 11.9 Å². The number of methoxy groups -OCH3 is 1. The second-order valence-electron chi connectivity index (χ2n) is 12.1. The number of hydrogen-bond donors (Lipinski definition) is 0. The Morgan fingerprint density at radius 1 is 1.09 bits per heavy atom. The van der Waals surface area contributed by atoms with Crippen molar-refractivity contribution in [3.05, 3.63) is 0 Å². The fourth-order valence-electron chi connectivity index (χ4n) is 9.03. The van der Waals surface area contributed by atoms with E-state index in [4.69, 9.17) is 9.47 Å². The number of hydrogen-bond acceptors (Lipinski definition) is 5. The Morgan fingerprint density at radius 2 is 1.85 bits per heavy atom. The van der Waals surface area contributed by atoms with Crippen molar-refractivity contribution in [2.75, 3.05) is 13.7 Å². The second-order valence-corrected chi connectivity index (χ2v) is 12.1. The van der Waals surface area contributed by atoms with E-state index in [1.54, 1.807) is 0 Å². The van der Waals surface area contributed by atoms with Crippen molar-refractivity contribution >= 4 is 17.7 Å². The third kappa shape index (κ3) is 4.05. The van der Waals surface area contributed by atoms with Crippen molar-refractivity contribution in [3.63, 3.8) is 0 Å². The van der Waals surface area contributed by atoms with Crippen molar-refractivity contribution in [3.8, 4) is 0 Å². The zero-order valence-corrected chi connectivity index (χ0v) is 21.4. The van der Waals surface area contributed by atoms with Gasteiger partial charge in [0.05, 0.1) is 19.6 Å². The van der Waals surface area contributed by atoms with Crippen molar-refractivity contribution < 1.29 is 23.9 Å². The number of fused-ring (bicyclic) bond motifs is 5. The van der Waals surface area contributed by atoms with Gasteiger partial charge in [0, 0.05) is 18.3 Å². The molecule has 9 unspecified atom stereocenters. The smallest absolute Gasteiger partial charge is 0.308 e. The summed E-state index contributed by atoms with van der Waals surface area (Å²) in [6.07, 6.45) is 9.43. The lowest BCUT2D eigenvalue weighted by atomic mass is 9.43. The van der Waals surface area contributed by atoms with E-state index in [1.807, 2.05) is 6.92 Å². The molecule has 5 nitrogen and oxygen atoms in total. The highest BCUT2D eigenvalue weighted by atomic mass is 16.5. The molecule has 4 aliphatic carbocycles. The van der Waals surface area contributed by atoms with E-state index in [2.05, 4.69) is 20.8 Å². The number of esters is 2. The van der Waals surface area contributed by atoms with Crippen LogP contribution >= 0.6 is 0 Å². The van der Waals surface area contributed by atoms with E-state index in [-0.39, 0.29) is 28.7 Å². The topological polar surface area (TPSA) is 69.7 Å². The van der Waals surface area contributed by atoms with Crippen LogP contribution in [0.25, 0.3) is 0 Å². The molecule has 5 heteroatoms. The van der Waals surface area contributed by atoms with Gasteiger partial charge in [-0.1, -0.05) is 20.8 Å². The summed E-state index contributed by atoms with van der Waals surface area (Å²) in [4.78, 5) is 38.0. The molecule has 4 saturated carbocycles. The van der Waals surface area contributed by atoms with Crippen molar-refractivity contribution in [1.82, 2.24) is 0 Å². The summed E-state index contributed by atoms with van der Waals surface area (Å²) in [6, 6.07) is 0. The molecule has 33 heavy (non-hydrogen) atoms. The normalized spacial score (nSPS) is 43.1. The third-order valence-corrected chi connectivity index (χ3v) is 10.9. The zero-order chi connectivity index (χ0) is 24.0. The van der Waals surface area contributed by atoms with E-state index in [0.29, 0.717) is 60.7 Å². The first-order valence-electron chi connectivity index (χ1n) is 13.4.